The third-order valence-corrected chi connectivity index (χ3v) is 4.80. The van der Waals surface area contributed by atoms with Crippen LogP contribution in [0.25, 0.3) is 0 Å². The minimum Gasteiger partial charge on any atom is -0.496 e. The lowest BCUT2D eigenvalue weighted by atomic mass is 9.84. The number of nitrogens with one attached hydrogen (secondary N) is 1. The smallest absolute Gasteiger partial charge is 0.124 e. The molecule has 2 rings (SSSR count). The van der Waals surface area contributed by atoms with Crippen molar-refractivity contribution in [3.05, 3.63) is 28.8 Å². The topological polar surface area (TPSA) is 50.5 Å². The van der Waals surface area contributed by atoms with Crippen LogP contribution in [-0.4, -0.2) is 30.6 Å². The fourth-order valence-electron chi connectivity index (χ4n) is 3.60. The number of hydrazine groups is 1. The molecule has 21 heavy (non-hydrogen) atoms. The van der Waals surface area contributed by atoms with Gasteiger partial charge in [-0.25, -0.2) is 0 Å². The Labute approximate surface area is 128 Å². The Morgan fingerprint density at radius 2 is 1.86 bits per heavy atom. The number of aryl methyl sites for hydroxylation is 2. The van der Waals surface area contributed by atoms with Gasteiger partial charge in [0.05, 0.1) is 13.2 Å². The number of hydrogen-bond acceptors (Lipinski definition) is 4. The molecule has 0 spiro atoms. The molecule has 1 unspecified atom stereocenters. The normalized spacial score (nSPS) is 18.0. The van der Waals surface area contributed by atoms with E-state index in [0.29, 0.717) is 0 Å². The lowest BCUT2D eigenvalue weighted by Crippen LogP contribution is -2.53. The van der Waals surface area contributed by atoms with E-state index < -0.39 is 0 Å². The zero-order valence-electron chi connectivity index (χ0n) is 14.0. The molecule has 0 aromatic heterocycles. The summed E-state index contributed by atoms with van der Waals surface area (Å²) >= 11 is 0. The van der Waals surface area contributed by atoms with Gasteiger partial charge in [0.25, 0.3) is 0 Å². The molecule has 4 nitrogen and oxygen atoms in total. The number of nitrogens with two attached hydrogens (primary N) is 1. The second-order valence-corrected chi connectivity index (χ2v) is 6.65. The fourth-order valence-corrected chi connectivity index (χ4v) is 3.60. The molecule has 1 heterocycles. The fraction of sp³-hybridized carbons (Fsp3) is 0.647. The molecule has 1 saturated heterocycles. The van der Waals surface area contributed by atoms with Crippen LogP contribution < -0.4 is 16.0 Å². The van der Waals surface area contributed by atoms with Crippen molar-refractivity contribution in [2.24, 2.45) is 5.84 Å². The standard InChI is InChI=1S/C17H29N3O/c1-12-10-13(2)15(14(11-12)21-5)16(19-18)17(3,4)20-8-6-7-9-20/h10-11,16,19H,6-9,18H2,1-5H3. The van der Waals surface area contributed by atoms with Gasteiger partial charge in [0.1, 0.15) is 5.75 Å². The predicted molar refractivity (Wildman–Crippen MR) is 87.4 cm³/mol. The van der Waals surface area contributed by atoms with E-state index in [0.717, 1.165) is 18.8 Å². The first kappa shape index (κ1) is 16.3. The van der Waals surface area contributed by atoms with Crippen LogP contribution in [0.2, 0.25) is 0 Å². The van der Waals surface area contributed by atoms with Crippen molar-refractivity contribution in [1.82, 2.24) is 10.3 Å². The number of benzene rings is 1. The average Bonchev–Trinajstić information content (AvgIpc) is 2.96. The summed E-state index contributed by atoms with van der Waals surface area (Å²) in [7, 11) is 1.73. The molecule has 1 fully saturated rings. The minimum absolute atomic E-state index is 0.0335. The van der Waals surface area contributed by atoms with Gasteiger partial charge in [0, 0.05) is 11.1 Å². The lowest BCUT2D eigenvalue weighted by molar-refractivity contribution is 0.105. The molecule has 1 atom stereocenters. The Kier molecular flexibility index (Phi) is 4.91. The van der Waals surface area contributed by atoms with E-state index in [1.54, 1.807) is 7.11 Å². The van der Waals surface area contributed by atoms with E-state index in [4.69, 9.17) is 10.6 Å². The highest BCUT2D eigenvalue weighted by Gasteiger charge is 2.39. The van der Waals surface area contributed by atoms with Gasteiger partial charge in [0.2, 0.25) is 0 Å². The summed E-state index contributed by atoms with van der Waals surface area (Å²) in [5, 5.41) is 0. The maximum absolute atomic E-state index is 5.96. The lowest BCUT2D eigenvalue weighted by Gasteiger charge is -2.43. The third kappa shape index (κ3) is 3.07. The molecule has 4 heteroatoms. The molecule has 3 N–H and O–H groups in total. The van der Waals surface area contributed by atoms with Crippen LogP contribution in [0, 0.1) is 13.8 Å². The van der Waals surface area contributed by atoms with E-state index in [9.17, 15) is 0 Å². The largest absolute Gasteiger partial charge is 0.496 e. The van der Waals surface area contributed by atoms with E-state index in [1.807, 2.05) is 0 Å². The van der Waals surface area contributed by atoms with Crippen LogP contribution in [0.4, 0.5) is 0 Å². The Balaban J connectivity index is 2.45. The van der Waals surface area contributed by atoms with Gasteiger partial charge in [0.15, 0.2) is 0 Å². The van der Waals surface area contributed by atoms with Crippen molar-refractivity contribution in [2.75, 3.05) is 20.2 Å². The van der Waals surface area contributed by atoms with E-state index in [2.05, 4.69) is 50.2 Å². The highest BCUT2D eigenvalue weighted by atomic mass is 16.5. The molecule has 1 aromatic carbocycles. The summed E-state index contributed by atoms with van der Waals surface area (Å²) in [4.78, 5) is 2.52. The summed E-state index contributed by atoms with van der Waals surface area (Å²) in [6, 6.07) is 4.32. The highest BCUT2D eigenvalue weighted by molar-refractivity contribution is 5.46. The molecular weight excluding hydrogens is 262 g/mol. The Bertz CT molecular complexity index is 493. The minimum atomic E-state index is -0.0570. The first-order valence-corrected chi connectivity index (χ1v) is 7.78. The number of methoxy groups -OCH3 is 1. The van der Waals surface area contributed by atoms with Crippen LogP contribution in [-0.2, 0) is 0 Å². The Hall–Kier alpha value is -1.10. The van der Waals surface area contributed by atoms with Crippen molar-refractivity contribution >= 4 is 0 Å². The molecule has 118 valence electrons. The van der Waals surface area contributed by atoms with Gasteiger partial charge in [-0.1, -0.05) is 6.07 Å². The van der Waals surface area contributed by atoms with E-state index in [-0.39, 0.29) is 11.6 Å². The van der Waals surface area contributed by atoms with Crippen molar-refractivity contribution < 1.29 is 4.74 Å². The zero-order valence-corrected chi connectivity index (χ0v) is 14.0. The van der Waals surface area contributed by atoms with Crippen LogP contribution in [0.5, 0.6) is 5.75 Å². The molecular formula is C17H29N3O. The summed E-state index contributed by atoms with van der Waals surface area (Å²) in [6.07, 6.45) is 2.54. The third-order valence-electron chi connectivity index (χ3n) is 4.80. The number of hydrogen-bond donors (Lipinski definition) is 2. The second kappa shape index (κ2) is 6.34. The van der Waals surface area contributed by atoms with Crippen LogP contribution >= 0.6 is 0 Å². The molecule has 0 aliphatic carbocycles. The summed E-state index contributed by atoms with van der Waals surface area (Å²) in [6.45, 7) is 11.0. The summed E-state index contributed by atoms with van der Waals surface area (Å²) in [5.74, 6) is 6.88. The first-order valence-electron chi connectivity index (χ1n) is 7.78. The zero-order chi connectivity index (χ0) is 15.6. The maximum atomic E-state index is 5.96. The van der Waals surface area contributed by atoms with Gasteiger partial charge < -0.3 is 4.74 Å². The maximum Gasteiger partial charge on any atom is 0.124 e. The highest BCUT2D eigenvalue weighted by Crippen LogP contribution is 2.39. The van der Waals surface area contributed by atoms with Crippen LogP contribution in [0.1, 0.15) is 49.4 Å². The number of ether oxygens (including phenoxy) is 1. The van der Waals surface area contributed by atoms with E-state index in [1.165, 1.54) is 29.5 Å². The van der Waals surface area contributed by atoms with Gasteiger partial charge >= 0.3 is 0 Å². The second-order valence-electron chi connectivity index (χ2n) is 6.65. The quantitative estimate of drug-likeness (QED) is 0.647. The van der Waals surface area contributed by atoms with Gasteiger partial charge in [-0.2, -0.15) is 0 Å². The van der Waals surface area contributed by atoms with Gasteiger partial charge in [-0.3, -0.25) is 16.2 Å². The monoisotopic (exact) mass is 291 g/mol. The molecule has 0 saturated carbocycles. The number of nitrogens with zero attached hydrogens (tertiary/aromatic N) is 1. The number of rotatable bonds is 5. The first-order chi connectivity index (χ1) is 9.91. The average molecular weight is 291 g/mol. The Morgan fingerprint density at radius 1 is 1.24 bits per heavy atom. The van der Waals surface area contributed by atoms with Crippen LogP contribution in [0.3, 0.4) is 0 Å². The van der Waals surface area contributed by atoms with Crippen molar-refractivity contribution in [3.8, 4) is 5.75 Å². The molecule has 0 amide bonds. The molecule has 1 aliphatic heterocycles. The summed E-state index contributed by atoms with van der Waals surface area (Å²) < 4.78 is 5.63. The SMILES string of the molecule is COc1cc(C)cc(C)c1C(NN)C(C)(C)N1CCCC1. The van der Waals surface area contributed by atoms with Crippen molar-refractivity contribution in [1.29, 1.82) is 0 Å². The Morgan fingerprint density at radius 3 is 2.38 bits per heavy atom. The van der Waals surface area contributed by atoms with Crippen molar-refractivity contribution in [3.63, 3.8) is 0 Å². The molecule has 0 radical (unpaired) electrons. The summed E-state index contributed by atoms with van der Waals surface area (Å²) in [5.41, 5.74) is 6.60. The van der Waals surface area contributed by atoms with Crippen LogP contribution in [0.15, 0.2) is 12.1 Å². The van der Waals surface area contributed by atoms with Gasteiger partial charge in [-0.15, -0.1) is 0 Å². The van der Waals surface area contributed by atoms with E-state index >= 15 is 0 Å². The predicted octanol–water partition coefficient (Wildman–Crippen LogP) is 2.69. The van der Waals surface area contributed by atoms with Crippen molar-refractivity contribution in [2.45, 2.75) is 52.1 Å². The molecule has 1 aromatic rings. The molecule has 0 bridgehead atoms. The molecule has 1 aliphatic rings. The number of likely N-dealkylation sites (tertiary alicyclic amines) is 1. The van der Waals surface area contributed by atoms with Gasteiger partial charge in [-0.05, 0) is 70.8 Å².